The van der Waals surface area contributed by atoms with Crippen LogP contribution in [0.25, 0.3) is 0 Å². The van der Waals surface area contributed by atoms with Gasteiger partial charge in [-0.2, -0.15) is 0 Å². The first-order chi connectivity index (χ1) is 14.2. The minimum Gasteiger partial charge on any atom is -0.314 e. The normalized spacial score (nSPS) is 25.2. The van der Waals surface area contributed by atoms with Crippen molar-refractivity contribution >= 4 is 5.71 Å². The second kappa shape index (κ2) is 10.8. The number of nitrogens with zero attached hydrogens (tertiary/aromatic N) is 4. The van der Waals surface area contributed by atoms with Crippen molar-refractivity contribution in [3.05, 3.63) is 53.9 Å². The molecule has 1 aromatic rings. The molecule has 1 N–H and O–H groups in total. The Hall–Kier alpha value is -1.82. The van der Waals surface area contributed by atoms with E-state index in [0.717, 1.165) is 52.1 Å². The van der Waals surface area contributed by atoms with Crippen molar-refractivity contribution < 1.29 is 0 Å². The molecule has 2 aliphatic heterocycles. The number of piperazine rings is 1. The third-order valence-corrected chi connectivity index (χ3v) is 6.33. The van der Waals surface area contributed by atoms with Gasteiger partial charge in [0.1, 0.15) is 0 Å². The molecule has 0 radical (unpaired) electrons. The van der Waals surface area contributed by atoms with E-state index >= 15 is 0 Å². The van der Waals surface area contributed by atoms with Crippen LogP contribution in [0, 0.1) is 6.92 Å². The Kier molecular flexibility index (Phi) is 8.16. The standard InChI is InChI=1S/C24H37N5/c1-5-8-19(2)23(25-4)21-10-6-11-22(24-20(3)9-7-12-27-24)29(21)18-17-28-15-13-26-14-16-28/h5,7-9,12,21-22,26H,1,6,10-11,13-18H2,2-4H3/b19-8-,25-23?/t21-,22+/m0/s1. The molecular formula is C24H37N5. The summed E-state index contributed by atoms with van der Waals surface area (Å²) in [6, 6.07) is 4.92. The molecule has 0 aliphatic carbocycles. The molecule has 29 heavy (non-hydrogen) atoms. The topological polar surface area (TPSA) is 43.8 Å². The highest BCUT2D eigenvalue weighted by Gasteiger charge is 2.36. The van der Waals surface area contributed by atoms with E-state index in [0.29, 0.717) is 12.1 Å². The van der Waals surface area contributed by atoms with Crippen molar-refractivity contribution in [2.24, 2.45) is 4.99 Å². The molecule has 2 aliphatic rings. The summed E-state index contributed by atoms with van der Waals surface area (Å²) in [5.74, 6) is 0. The van der Waals surface area contributed by atoms with Crippen molar-refractivity contribution in [2.45, 2.75) is 45.2 Å². The van der Waals surface area contributed by atoms with Gasteiger partial charge < -0.3 is 5.32 Å². The van der Waals surface area contributed by atoms with E-state index in [4.69, 9.17) is 9.98 Å². The number of hydrogen-bond acceptors (Lipinski definition) is 5. The van der Waals surface area contributed by atoms with Crippen molar-refractivity contribution in [3.8, 4) is 0 Å². The number of pyridine rings is 1. The summed E-state index contributed by atoms with van der Waals surface area (Å²) >= 11 is 0. The fraction of sp³-hybridized carbons (Fsp3) is 0.583. The van der Waals surface area contributed by atoms with Gasteiger partial charge in [0.05, 0.1) is 23.5 Å². The molecule has 3 rings (SSSR count). The number of aliphatic imine (C=N–C) groups is 1. The average molecular weight is 396 g/mol. The van der Waals surface area contributed by atoms with Gasteiger partial charge in [-0.25, -0.2) is 0 Å². The fourth-order valence-corrected chi connectivity index (χ4v) is 4.84. The van der Waals surface area contributed by atoms with Gasteiger partial charge in [-0.1, -0.05) is 24.8 Å². The predicted octanol–water partition coefficient (Wildman–Crippen LogP) is 3.39. The minimum absolute atomic E-state index is 0.333. The first kappa shape index (κ1) is 21.9. The van der Waals surface area contributed by atoms with E-state index in [1.807, 2.05) is 25.4 Å². The number of nitrogens with one attached hydrogen (secondary N) is 1. The Balaban J connectivity index is 1.89. The maximum atomic E-state index is 4.81. The van der Waals surface area contributed by atoms with Crippen LogP contribution in [0.2, 0.25) is 0 Å². The SMILES string of the molecule is C=C/C=C(/C)C(=NC)[C@@H]1CCC[C@H](c2ncccc2C)N1CCN1CCNCC1. The molecule has 1 aromatic heterocycles. The lowest BCUT2D eigenvalue weighted by Gasteiger charge is -2.44. The van der Waals surface area contributed by atoms with E-state index in [-0.39, 0.29) is 0 Å². The third-order valence-electron chi connectivity index (χ3n) is 6.33. The maximum Gasteiger partial charge on any atom is 0.0604 e. The predicted molar refractivity (Wildman–Crippen MR) is 123 cm³/mol. The molecule has 0 unspecified atom stereocenters. The van der Waals surface area contributed by atoms with Gasteiger partial charge >= 0.3 is 0 Å². The second-order valence-electron chi connectivity index (χ2n) is 8.19. The summed E-state index contributed by atoms with van der Waals surface area (Å²) in [6.07, 6.45) is 9.42. The van der Waals surface area contributed by atoms with Crippen LogP contribution in [-0.4, -0.2) is 72.9 Å². The highest BCUT2D eigenvalue weighted by molar-refractivity contribution is 6.03. The van der Waals surface area contributed by atoms with Crippen molar-refractivity contribution in [2.75, 3.05) is 46.3 Å². The molecule has 5 nitrogen and oxygen atoms in total. The summed E-state index contributed by atoms with van der Waals surface area (Å²) in [6.45, 7) is 14.8. The van der Waals surface area contributed by atoms with Gasteiger partial charge in [0.2, 0.25) is 0 Å². The molecule has 2 saturated heterocycles. The van der Waals surface area contributed by atoms with Gasteiger partial charge in [-0.05, 0) is 50.3 Å². The number of aromatic nitrogens is 1. The highest BCUT2D eigenvalue weighted by atomic mass is 15.3. The van der Waals surface area contributed by atoms with Crippen LogP contribution in [0.1, 0.15) is 43.5 Å². The zero-order valence-electron chi connectivity index (χ0n) is 18.4. The van der Waals surface area contributed by atoms with Gasteiger partial charge in [0, 0.05) is 52.5 Å². The lowest BCUT2D eigenvalue weighted by molar-refractivity contribution is 0.0943. The van der Waals surface area contributed by atoms with Gasteiger partial charge in [-0.15, -0.1) is 0 Å². The van der Waals surface area contributed by atoms with E-state index < -0.39 is 0 Å². The molecule has 0 spiro atoms. The first-order valence-corrected chi connectivity index (χ1v) is 11.0. The monoisotopic (exact) mass is 395 g/mol. The summed E-state index contributed by atoms with van der Waals surface area (Å²) in [5, 5.41) is 3.46. The molecule has 158 valence electrons. The number of hydrogen-bond donors (Lipinski definition) is 1. The Morgan fingerprint density at radius 2 is 2.10 bits per heavy atom. The largest absolute Gasteiger partial charge is 0.314 e. The smallest absolute Gasteiger partial charge is 0.0604 e. The molecule has 3 heterocycles. The molecule has 0 bridgehead atoms. The molecule has 5 heteroatoms. The van der Waals surface area contributed by atoms with Crippen molar-refractivity contribution in [1.29, 1.82) is 0 Å². The molecule has 0 amide bonds. The van der Waals surface area contributed by atoms with E-state index in [2.05, 4.69) is 47.7 Å². The van der Waals surface area contributed by atoms with Gasteiger partial charge in [0.25, 0.3) is 0 Å². The molecule has 0 saturated carbocycles. The summed E-state index contributed by atoms with van der Waals surface area (Å²) < 4.78 is 0. The lowest BCUT2D eigenvalue weighted by Crippen LogP contribution is -2.52. The number of piperidine rings is 1. The van der Waals surface area contributed by atoms with Crippen LogP contribution in [0.5, 0.6) is 0 Å². The average Bonchev–Trinajstić information content (AvgIpc) is 2.74. The minimum atomic E-state index is 0.333. The fourth-order valence-electron chi connectivity index (χ4n) is 4.84. The van der Waals surface area contributed by atoms with Crippen LogP contribution in [0.15, 0.2) is 47.6 Å². The van der Waals surface area contributed by atoms with Gasteiger partial charge in [0.15, 0.2) is 0 Å². The van der Waals surface area contributed by atoms with E-state index in [1.54, 1.807) is 0 Å². The Labute approximate surface area is 176 Å². The van der Waals surface area contributed by atoms with Crippen LogP contribution >= 0.6 is 0 Å². The number of allylic oxidation sites excluding steroid dienone is 2. The van der Waals surface area contributed by atoms with Crippen molar-refractivity contribution in [1.82, 2.24) is 20.1 Å². The quantitative estimate of drug-likeness (QED) is 0.568. The molecule has 0 aromatic carbocycles. The van der Waals surface area contributed by atoms with E-state index in [9.17, 15) is 0 Å². The van der Waals surface area contributed by atoms with Crippen LogP contribution in [0.3, 0.4) is 0 Å². The zero-order valence-corrected chi connectivity index (χ0v) is 18.4. The molecule has 2 fully saturated rings. The molecule has 2 atom stereocenters. The number of aryl methyl sites for hydroxylation is 1. The maximum absolute atomic E-state index is 4.81. The lowest BCUT2D eigenvalue weighted by atomic mass is 9.87. The second-order valence-corrected chi connectivity index (χ2v) is 8.19. The molecular weight excluding hydrogens is 358 g/mol. The van der Waals surface area contributed by atoms with Crippen LogP contribution in [0.4, 0.5) is 0 Å². The summed E-state index contributed by atoms with van der Waals surface area (Å²) in [5.41, 5.74) is 4.94. The van der Waals surface area contributed by atoms with Crippen molar-refractivity contribution in [3.63, 3.8) is 0 Å². The van der Waals surface area contributed by atoms with Gasteiger partial charge in [-0.3, -0.25) is 19.8 Å². The van der Waals surface area contributed by atoms with Crippen LogP contribution in [-0.2, 0) is 0 Å². The highest BCUT2D eigenvalue weighted by Crippen LogP contribution is 2.36. The summed E-state index contributed by atoms with van der Waals surface area (Å²) in [7, 11) is 1.93. The number of rotatable bonds is 7. The number of likely N-dealkylation sites (tertiary alicyclic amines) is 1. The first-order valence-electron chi connectivity index (χ1n) is 11.0. The van der Waals surface area contributed by atoms with E-state index in [1.165, 1.54) is 29.0 Å². The third kappa shape index (κ3) is 5.41. The Morgan fingerprint density at radius 3 is 2.79 bits per heavy atom. The Morgan fingerprint density at radius 1 is 1.31 bits per heavy atom. The van der Waals surface area contributed by atoms with Crippen LogP contribution < -0.4 is 5.32 Å². The zero-order chi connectivity index (χ0) is 20.6. The Bertz CT molecular complexity index is 733. The summed E-state index contributed by atoms with van der Waals surface area (Å²) in [4.78, 5) is 14.8.